The highest BCUT2D eigenvalue weighted by Crippen LogP contribution is 2.38. The summed E-state index contributed by atoms with van der Waals surface area (Å²) >= 11 is 0. The van der Waals surface area contributed by atoms with Crippen LogP contribution >= 0.6 is 0 Å². The number of methoxy groups -OCH3 is 1. The van der Waals surface area contributed by atoms with E-state index >= 15 is 0 Å². The number of hydrogen-bond donors (Lipinski definition) is 1. The zero-order valence-electron chi connectivity index (χ0n) is 12.6. The molecule has 112 valence electrons. The van der Waals surface area contributed by atoms with E-state index in [1.54, 1.807) is 0 Å². The highest BCUT2D eigenvalue weighted by atomic mass is 16.5. The normalized spacial score (nSPS) is 17.1. The second-order valence-electron chi connectivity index (χ2n) is 5.20. The highest BCUT2D eigenvalue weighted by Gasteiger charge is 2.36. The van der Waals surface area contributed by atoms with E-state index in [1.807, 2.05) is 18.4 Å². The third-order valence-electron chi connectivity index (χ3n) is 4.04. The number of nitrogens with zero attached hydrogens (tertiary/aromatic N) is 3. The van der Waals surface area contributed by atoms with Crippen molar-refractivity contribution in [2.45, 2.75) is 52.0 Å². The standard InChI is InChI=1S/C14H24N4O2/c1-4-15-14-17-16-12(18(14)5-2)11(13(19)20-3)10-8-6-7-9-10/h10-11H,4-9H2,1-3H3,(H,15,17). The summed E-state index contributed by atoms with van der Waals surface area (Å²) in [4.78, 5) is 12.2. The van der Waals surface area contributed by atoms with Crippen LogP contribution in [0, 0.1) is 5.92 Å². The summed E-state index contributed by atoms with van der Waals surface area (Å²) in [6.07, 6.45) is 4.48. The van der Waals surface area contributed by atoms with Crippen molar-refractivity contribution in [2.75, 3.05) is 19.0 Å². The van der Waals surface area contributed by atoms with Crippen molar-refractivity contribution in [2.24, 2.45) is 5.92 Å². The second kappa shape index (κ2) is 6.72. The molecule has 1 saturated carbocycles. The second-order valence-corrected chi connectivity index (χ2v) is 5.20. The summed E-state index contributed by atoms with van der Waals surface area (Å²) in [6, 6.07) is 0. The molecule has 1 atom stereocenters. The fraction of sp³-hybridized carbons (Fsp3) is 0.786. The van der Waals surface area contributed by atoms with Crippen molar-refractivity contribution in [3.63, 3.8) is 0 Å². The van der Waals surface area contributed by atoms with Crippen LogP contribution in [0.3, 0.4) is 0 Å². The van der Waals surface area contributed by atoms with Crippen molar-refractivity contribution in [1.82, 2.24) is 14.8 Å². The summed E-state index contributed by atoms with van der Waals surface area (Å²) in [5.74, 6) is 1.31. The summed E-state index contributed by atoms with van der Waals surface area (Å²) in [5.41, 5.74) is 0. The van der Waals surface area contributed by atoms with Crippen molar-refractivity contribution < 1.29 is 9.53 Å². The molecule has 0 spiro atoms. The van der Waals surface area contributed by atoms with Crippen LogP contribution < -0.4 is 5.32 Å². The maximum atomic E-state index is 12.2. The quantitative estimate of drug-likeness (QED) is 0.809. The van der Waals surface area contributed by atoms with Gasteiger partial charge in [-0.3, -0.25) is 9.36 Å². The third-order valence-corrected chi connectivity index (χ3v) is 4.04. The largest absolute Gasteiger partial charge is 0.468 e. The summed E-state index contributed by atoms with van der Waals surface area (Å²) in [7, 11) is 1.45. The number of esters is 1. The van der Waals surface area contributed by atoms with E-state index < -0.39 is 0 Å². The van der Waals surface area contributed by atoms with E-state index in [0.29, 0.717) is 5.92 Å². The Morgan fingerprint density at radius 2 is 2.10 bits per heavy atom. The van der Waals surface area contributed by atoms with Gasteiger partial charge in [0.15, 0.2) is 0 Å². The van der Waals surface area contributed by atoms with Gasteiger partial charge in [-0.15, -0.1) is 10.2 Å². The molecular weight excluding hydrogens is 256 g/mol. The summed E-state index contributed by atoms with van der Waals surface area (Å²) in [6.45, 7) is 5.58. The lowest BCUT2D eigenvalue weighted by Crippen LogP contribution is -2.25. The average Bonchev–Trinajstić information content (AvgIpc) is 3.10. The number of hydrogen-bond acceptors (Lipinski definition) is 5. The van der Waals surface area contributed by atoms with Crippen molar-refractivity contribution >= 4 is 11.9 Å². The maximum absolute atomic E-state index is 12.2. The van der Waals surface area contributed by atoms with Crippen molar-refractivity contribution in [1.29, 1.82) is 0 Å². The Morgan fingerprint density at radius 3 is 2.65 bits per heavy atom. The molecule has 0 aromatic carbocycles. The topological polar surface area (TPSA) is 69.0 Å². The van der Waals surface area contributed by atoms with Crippen LogP contribution in [0.4, 0.5) is 5.95 Å². The Labute approximate surface area is 119 Å². The summed E-state index contributed by atoms with van der Waals surface area (Å²) < 4.78 is 7.00. The van der Waals surface area contributed by atoms with Gasteiger partial charge in [0.05, 0.1) is 7.11 Å². The third kappa shape index (κ3) is 2.78. The number of ether oxygens (including phenoxy) is 1. The van der Waals surface area contributed by atoms with Gasteiger partial charge in [-0.2, -0.15) is 0 Å². The molecule has 1 fully saturated rings. The minimum Gasteiger partial charge on any atom is -0.468 e. The Morgan fingerprint density at radius 1 is 1.40 bits per heavy atom. The molecule has 1 aromatic rings. The molecule has 6 nitrogen and oxygen atoms in total. The number of carbonyl (C=O) groups is 1. The zero-order valence-corrected chi connectivity index (χ0v) is 12.6. The molecule has 2 rings (SSSR count). The number of aromatic nitrogens is 3. The molecule has 1 aromatic heterocycles. The molecule has 1 N–H and O–H groups in total. The van der Waals surface area contributed by atoms with Crippen LogP contribution in [-0.4, -0.2) is 34.4 Å². The van der Waals surface area contributed by atoms with Crippen LogP contribution in [0.1, 0.15) is 51.3 Å². The molecule has 1 unspecified atom stereocenters. The van der Waals surface area contributed by atoms with Crippen LogP contribution in [-0.2, 0) is 16.1 Å². The first-order valence-corrected chi connectivity index (χ1v) is 7.47. The Kier molecular flexibility index (Phi) is 4.98. The number of rotatable bonds is 6. The number of nitrogens with one attached hydrogen (secondary N) is 1. The monoisotopic (exact) mass is 280 g/mol. The van der Waals surface area contributed by atoms with Gasteiger partial charge in [0, 0.05) is 13.1 Å². The Bertz CT molecular complexity index is 452. The van der Waals surface area contributed by atoms with E-state index in [0.717, 1.165) is 37.7 Å². The predicted molar refractivity (Wildman–Crippen MR) is 76.6 cm³/mol. The average molecular weight is 280 g/mol. The molecule has 0 aliphatic heterocycles. The molecule has 0 amide bonds. The van der Waals surface area contributed by atoms with Crippen molar-refractivity contribution in [3.05, 3.63) is 5.82 Å². The van der Waals surface area contributed by atoms with Gasteiger partial charge in [-0.1, -0.05) is 12.8 Å². The lowest BCUT2D eigenvalue weighted by molar-refractivity contribution is -0.144. The van der Waals surface area contributed by atoms with Gasteiger partial charge in [0.1, 0.15) is 11.7 Å². The van der Waals surface area contributed by atoms with Gasteiger partial charge in [0.2, 0.25) is 5.95 Å². The Hall–Kier alpha value is -1.59. The van der Waals surface area contributed by atoms with Gasteiger partial charge >= 0.3 is 5.97 Å². The predicted octanol–water partition coefficient (Wildman–Crippen LogP) is 2.18. The minimum absolute atomic E-state index is 0.193. The SMILES string of the molecule is CCNc1nnc(C(C(=O)OC)C2CCCC2)n1CC. The lowest BCUT2D eigenvalue weighted by Gasteiger charge is -2.21. The number of carbonyl (C=O) groups excluding carboxylic acids is 1. The fourth-order valence-corrected chi connectivity index (χ4v) is 3.07. The van der Waals surface area contributed by atoms with Crippen LogP contribution in [0.25, 0.3) is 0 Å². The van der Waals surface area contributed by atoms with E-state index in [9.17, 15) is 4.79 Å². The first-order valence-electron chi connectivity index (χ1n) is 7.47. The van der Waals surface area contributed by atoms with E-state index in [4.69, 9.17) is 4.74 Å². The lowest BCUT2D eigenvalue weighted by atomic mass is 9.90. The molecule has 0 bridgehead atoms. The molecule has 1 aliphatic carbocycles. The first-order chi connectivity index (χ1) is 9.72. The Balaban J connectivity index is 2.34. The number of anilines is 1. The van der Waals surface area contributed by atoms with Crippen LogP contribution in [0.2, 0.25) is 0 Å². The van der Waals surface area contributed by atoms with Crippen LogP contribution in [0.15, 0.2) is 0 Å². The molecule has 0 radical (unpaired) electrons. The maximum Gasteiger partial charge on any atom is 0.316 e. The molecule has 20 heavy (non-hydrogen) atoms. The van der Waals surface area contributed by atoms with Gasteiger partial charge in [0.25, 0.3) is 0 Å². The smallest absolute Gasteiger partial charge is 0.316 e. The van der Waals surface area contributed by atoms with E-state index in [-0.39, 0.29) is 11.9 Å². The molecular formula is C14H24N4O2. The molecule has 1 aliphatic rings. The van der Waals surface area contributed by atoms with Crippen LogP contribution in [0.5, 0.6) is 0 Å². The van der Waals surface area contributed by atoms with Crippen molar-refractivity contribution in [3.8, 4) is 0 Å². The highest BCUT2D eigenvalue weighted by molar-refractivity contribution is 5.77. The van der Waals surface area contributed by atoms with E-state index in [2.05, 4.69) is 15.5 Å². The first kappa shape index (κ1) is 14.8. The molecule has 1 heterocycles. The van der Waals surface area contributed by atoms with Gasteiger partial charge in [-0.05, 0) is 32.6 Å². The molecule has 6 heteroatoms. The fourth-order valence-electron chi connectivity index (χ4n) is 3.07. The van der Waals surface area contributed by atoms with Gasteiger partial charge in [-0.25, -0.2) is 0 Å². The zero-order chi connectivity index (χ0) is 14.5. The van der Waals surface area contributed by atoms with Gasteiger partial charge < -0.3 is 10.1 Å². The van der Waals surface area contributed by atoms with E-state index in [1.165, 1.54) is 20.0 Å². The minimum atomic E-state index is -0.289. The summed E-state index contributed by atoms with van der Waals surface area (Å²) in [5, 5.41) is 11.6. The molecule has 0 saturated heterocycles.